The summed E-state index contributed by atoms with van der Waals surface area (Å²) in [5.41, 5.74) is 3.79. The third kappa shape index (κ3) is 2.83. The average Bonchev–Trinajstić information content (AvgIpc) is 3.03. The number of ether oxygens (including phenoxy) is 1. The van der Waals surface area contributed by atoms with Gasteiger partial charge in [0, 0.05) is 23.7 Å². The standard InChI is InChI=1S/C19H15FN6O/c1-11-5-21-8-16(24-11)15-4-17-13(6-22-15)7-23-26(17)19-3-12(2-18(20)25-19)14-9-27-10-14/h2-8,14H,9-10H2,1H3. The summed E-state index contributed by atoms with van der Waals surface area (Å²) in [6, 6.07) is 5.18. The lowest BCUT2D eigenvalue weighted by molar-refractivity contribution is 0.00827. The van der Waals surface area contributed by atoms with Crippen molar-refractivity contribution in [3.8, 4) is 17.2 Å². The fourth-order valence-corrected chi connectivity index (χ4v) is 3.10. The van der Waals surface area contributed by atoms with Crippen LogP contribution in [0.1, 0.15) is 17.2 Å². The first kappa shape index (κ1) is 16.0. The summed E-state index contributed by atoms with van der Waals surface area (Å²) in [5, 5.41) is 5.22. The van der Waals surface area contributed by atoms with Crippen LogP contribution in [0.4, 0.5) is 4.39 Å². The number of aromatic nitrogens is 6. The van der Waals surface area contributed by atoms with Crippen LogP contribution in [-0.4, -0.2) is 42.9 Å². The van der Waals surface area contributed by atoms with Gasteiger partial charge < -0.3 is 4.74 Å². The van der Waals surface area contributed by atoms with Crippen molar-refractivity contribution in [2.75, 3.05) is 13.2 Å². The minimum atomic E-state index is -0.531. The molecule has 5 rings (SSSR count). The lowest BCUT2D eigenvalue weighted by atomic mass is 9.99. The molecule has 1 saturated heterocycles. The average molecular weight is 362 g/mol. The van der Waals surface area contributed by atoms with Crippen LogP contribution in [0.3, 0.4) is 0 Å². The van der Waals surface area contributed by atoms with Gasteiger partial charge in [-0.1, -0.05) is 0 Å². The van der Waals surface area contributed by atoms with Gasteiger partial charge in [-0.05, 0) is 30.7 Å². The maximum absolute atomic E-state index is 14.1. The minimum absolute atomic E-state index is 0.197. The Hall–Kier alpha value is -3.26. The molecule has 0 amide bonds. The molecule has 8 heteroatoms. The molecule has 0 radical (unpaired) electrons. The highest BCUT2D eigenvalue weighted by atomic mass is 19.1. The Balaban J connectivity index is 1.63. The van der Waals surface area contributed by atoms with Gasteiger partial charge in [0.1, 0.15) is 5.69 Å². The molecule has 0 spiro atoms. The van der Waals surface area contributed by atoms with Crippen molar-refractivity contribution in [1.29, 1.82) is 0 Å². The predicted molar refractivity (Wildman–Crippen MR) is 95.9 cm³/mol. The number of hydrogen-bond acceptors (Lipinski definition) is 6. The fraction of sp³-hybridized carbons (Fsp3) is 0.211. The van der Waals surface area contributed by atoms with Crippen LogP contribution < -0.4 is 0 Å². The van der Waals surface area contributed by atoms with Gasteiger partial charge in [-0.3, -0.25) is 9.97 Å². The minimum Gasteiger partial charge on any atom is -0.380 e. The van der Waals surface area contributed by atoms with E-state index in [1.54, 1.807) is 29.5 Å². The van der Waals surface area contributed by atoms with E-state index >= 15 is 0 Å². The number of aryl methyl sites for hydroxylation is 1. The summed E-state index contributed by atoms with van der Waals surface area (Å²) >= 11 is 0. The predicted octanol–water partition coefficient (Wildman–Crippen LogP) is 2.83. The molecule has 0 aromatic carbocycles. The van der Waals surface area contributed by atoms with E-state index in [2.05, 4.69) is 25.0 Å². The molecule has 0 N–H and O–H groups in total. The highest BCUT2D eigenvalue weighted by Crippen LogP contribution is 2.27. The molecule has 7 nitrogen and oxygen atoms in total. The Bertz CT molecular complexity index is 1150. The molecular formula is C19H15FN6O. The van der Waals surface area contributed by atoms with Gasteiger partial charge >= 0.3 is 0 Å². The monoisotopic (exact) mass is 362 g/mol. The Morgan fingerprint density at radius 1 is 1.04 bits per heavy atom. The van der Waals surface area contributed by atoms with Gasteiger partial charge in [0.15, 0.2) is 5.82 Å². The first-order chi connectivity index (χ1) is 13.2. The van der Waals surface area contributed by atoms with Gasteiger partial charge in [-0.25, -0.2) is 14.6 Å². The third-order valence-electron chi connectivity index (χ3n) is 4.60. The molecule has 5 heterocycles. The molecule has 0 aliphatic carbocycles. The Morgan fingerprint density at radius 2 is 1.93 bits per heavy atom. The molecule has 4 aromatic rings. The van der Waals surface area contributed by atoms with Crippen LogP contribution in [0.2, 0.25) is 0 Å². The summed E-state index contributed by atoms with van der Waals surface area (Å²) in [5.74, 6) is 0.0964. The van der Waals surface area contributed by atoms with Crippen molar-refractivity contribution >= 4 is 10.9 Å². The molecule has 4 aromatic heterocycles. The molecule has 0 saturated carbocycles. The number of nitrogens with zero attached hydrogens (tertiary/aromatic N) is 6. The number of hydrogen-bond donors (Lipinski definition) is 0. The van der Waals surface area contributed by atoms with E-state index in [1.165, 1.54) is 6.07 Å². The molecule has 0 unspecified atom stereocenters. The van der Waals surface area contributed by atoms with Crippen LogP contribution in [0.25, 0.3) is 28.1 Å². The Labute approximate surface area is 153 Å². The van der Waals surface area contributed by atoms with Crippen LogP contribution in [0, 0.1) is 12.9 Å². The van der Waals surface area contributed by atoms with Crippen molar-refractivity contribution in [3.63, 3.8) is 0 Å². The lowest BCUT2D eigenvalue weighted by Crippen LogP contribution is -2.25. The molecule has 1 aliphatic heterocycles. The van der Waals surface area contributed by atoms with Crippen molar-refractivity contribution in [2.24, 2.45) is 0 Å². The number of fused-ring (bicyclic) bond motifs is 1. The first-order valence-corrected chi connectivity index (χ1v) is 8.56. The zero-order valence-electron chi connectivity index (χ0n) is 14.5. The number of halogens is 1. The topological polar surface area (TPSA) is 78.6 Å². The number of rotatable bonds is 3. The largest absolute Gasteiger partial charge is 0.380 e. The maximum atomic E-state index is 14.1. The van der Waals surface area contributed by atoms with Crippen molar-refractivity contribution < 1.29 is 9.13 Å². The van der Waals surface area contributed by atoms with E-state index in [0.717, 1.165) is 22.2 Å². The van der Waals surface area contributed by atoms with Crippen LogP contribution >= 0.6 is 0 Å². The molecule has 27 heavy (non-hydrogen) atoms. The van der Waals surface area contributed by atoms with Gasteiger partial charge in [0.2, 0.25) is 5.95 Å². The van der Waals surface area contributed by atoms with Gasteiger partial charge in [0.25, 0.3) is 0 Å². The fourth-order valence-electron chi connectivity index (χ4n) is 3.10. The zero-order chi connectivity index (χ0) is 18.4. The van der Waals surface area contributed by atoms with E-state index in [0.29, 0.717) is 30.4 Å². The summed E-state index contributed by atoms with van der Waals surface area (Å²) < 4.78 is 20.9. The second-order valence-corrected chi connectivity index (χ2v) is 6.55. The number of pyridine rings is 2. The molecule has 1 aliphatic rings. The third-order valence-corrected chi connectivity index (χ3v) is 4.60. The SMILES string of the molecule is Cc1cncc(-c2cc3c(cn2)cnn3-c2cc(C3COC3)cc(F)n2)n1. The first-order valence-electron chi connectivity index (χ1n) is 8.56. The molecular weight excluding hydrogens is 347 g/mol. The van der Waals surface area contributed by atoms with Crippen molar-refractivity contribution in [3.05, 3.63) is 60.2 Å². The quantitative estimate of drug-likeness (QED) is 0.522. The van der Waals surface area contributed by atoms with E-state index in [1.807, 2.05) is 19.1 Å². The van der Waals surface area contributed by atoms with E-state index in [-0.39, 0.29) is 5.92 Å². The van der Waals surface area contributed by atoms with E-state index in [9.17, 15) is 4.39 Å². The van der Waals surface area contributed by atoms with Gasteiger partial charge in [-0.2, -0.15) is 9.49 Å². The summed E-state index contributed by atoms with van der Waals surface area (Å²) in [6.45, 7) is 3.08. The normalized spacial score (nSPS) is 14.4. The van der Waals surface area contributed by atoms with Crippen LogP contribution in [-0.2, 0) is 4.74 Å². The maximum Gasteiger partial charge on any atom is 0.215 e. The van der Waals surface area contributed by atoms with E-state index in [4.69, 9.17) is 4.74 Å². The second kappa shape index (κ2) is 6.17. The summed E-state index contributed by atoms with van der Waals surface area (Å²) in [6.07, 6.45) is 6.76. The summed E-state index contributed by atoms with van der Waals surface area (Å²) in [4.78, 5) is 17.1. The Kier molecular flexibility index (Phi) is 3.64. The molecule has 0 atom stereocenters. The highest BCUT2D eigenvalue weighted by Gasteiger charge is 2.22. The molecule has 0 bridgehead atoms. The van der Waals surface area contributed by atoms with Crippen molar-refractivity contribution in [1.82, 2.24) is 29.7 Å². The van der Waals surface area contributed by atoms with Crippen LogP contribution in [0.15, 0.2) is 43.0 Å². The smallest absolute Gasteiger partial charge is 0.215 e. The van der Waals surface area contributed by atoms with Crippen LogP contribution in [0.5, 0.6) is 0 Å². The van der Waals surface area contributed by atoms with Crippen molar-refractivity contribution in [2.45, 2.75) is 12.8 Å². The van der Waals surface area contributed by atoms with E-state index < -0.39 is 5.95 Å². The van der Waals surface area contributed by atoms with Gasteiger partial charge in [0.05, 0.1) is 42.5 Å². The second-order valence-electron chi connectivity index (χ2n) is 6.55. The highest BCUT2D eigenvalue weighted by molar-refractivity contribution is 5.82. The summed E-state index contributed by atoms with van der Waals surface area (Å²) in [7, 11) is 0. The zero-order valence-corrected chi connectivity index (χ0v) is 14.5. The molecule has 1 fully saturated rings. The lowest BCUT2D eigenvalue weighted by Gasteiger charge is -2.26. The molecule has 134 valence electrons. The Morgan fingerprint density at radius 3 is 2.70 bits per heavy atom. The van der Waals surface area contributed by atoms with Gasteiger partial charge in [-0.15, -0.1) is 0 Å².